The molecule has 0 fully saturated rings. The summed E-state index contributed by atoms with van der Waals surface area (Å²) in [5, 5.41) is 11.1. The lowest BCUT2D eigenvalue weighted by atomic mass is 10.3. The third-order valence-corrected chi connectivity index (χ3v) is 2.00. The molecule has 4 nitrogen and oxygen atoms in total. The Labute approximate surface area is 87.1 Å². The van der Waals surface area contributed by atoms with Crippen molar-refractivity contribution in [2.75, 3.05) is 12.0 Å². The fraction of sp³-hybridized carbons (Fsp3) is 0.333. The zero-order valence-electron chi connectivity index (χ0n) is 7.90. The molecule has 78 valence electrons. The third-order valence-electron chi connectivity index (χ3n) is 1.33. The number of hydrogen-bond donors (Lipinski definition) is 2. The number of aliphatic carboxylic acids is 1. The van der Waals surface area contributed by atoms with E-state index in [4.69, 9.17) is 5.11 Å². The number of amides is 1. The van der Waals surface area contributed by atoms with Gasteiger partial charge < -0.3 is 10.4 Å². The molecule has 1 atom stereocenters. The predicted octanol–water partition coefficient (Wildman–Crippen LogP) is 0.661. The van der Waals surface area contributed by atoms with Gasteiger partial charge in [0.2, 0.25) is 5.91 Å². The van der Waals surface area contributed by atoms with Crippen molar-refractivity contribution < 1.29 is 14.7 Å². The number of nitrogens with one attached hydrogen (secondary N) is 1. The van der Waals surface area contributed by atoms with Crippen LogP contribution in [0.25, 0.3) is 0 Å². The van der Waals surface area contributed by atoms with Crippen molar-refractivity contribution in [2.45, 2.75) is 6.04 Å². The summed E-state index contributed by atoms with van der Waals surface area (Å²) < 4.78 is 0. The molecule has 1 unspecified atom stereocenters. The van der Waals surface area contributed by atoms with Crippen LogP contribution in [-0.2, 0) is 9.59 Å². The average Bonchev–Trinajstić information content (AvgIpc) is 2.14. The molecule has 0 rings (SSSR count). The highest BCUT2D eigenvalue weighted by Gasteiger charge is 2.17. The number of rotatable bonds is 6. The largest absolute Gasteiger partial charge is 0.480 e. The van der Waals surface area contributed by atoms with Gasteiger partial charge in [-0.25, -0.2) is 4.79 Å². The van der Waals surface area contributed by atoms with E-state index in [2.05, 4.69) is 11.9 Å². The van der Waals surface area contributed by atoms with E-state index < -0.39 is 17.9 Å². The van der Waals surface area contributed by atoms with E-state index in [0.29, 0.717) is 5.75 Å². The number of thioether (sulfide) groups is 1. The summed E-state index contributed by atoms with van der Waals surface area (Å²) in [4.78, 5) is 21.7. The number of hydrogen-bond acceptors (Lipinski definition) is 3. The van der Waals surface area contributed by atoms with Crippen molar-refractivity contribution in [1.29, 1.82) is 0 Å². The zero-order chi connectivity index (χ0) is 11.0. The molecule has 0 radical (unpaired) electrons. The molecular weight excluding hydrogens is 202 g/mol. The first-order valence-electron chi connectivity index (χ1n) is 3.93. The van der Waals surface area contributed by atoms with Crippen LogP contribution in [-0.4, -0.2) is 35.0 Å². The quantitative estimate of drug-likeness (QED) is 0.504. The molecule has 0 bridgehead atoms. The summed E-state index contributed by atoms with van der Waals surface area (Å²) in [6, 6.07) is -0.841. The van der Waals surface area contributed by atoms with Crippen LogP contribution in [0.4, 0.5) is 0 Å². The first-order chi connectivity index (χ1) is 6.61. The van der Waals surface area contributed by atoms with Crippen LogP contribution in [0.15, 0.2) is 24.8 Å². The highest BCUT2D eigenvalue weighted by atomic mass is 32.2. The highest BCUT2D eigenvalue weighted by Crippen LogP contribution is 1.97. The molecule has 0 aliphatic carbocycles. The lowest BCUT2D eigenvalue weighted by Gasteiger charge is -2.10. The van der Waals surface area contributed by atoms with Crippen LogP contribution in [0, 0.1) is 0 Å². The maximum absolute atomic E-state index is 11.1. The Kier molecular flexibility index (Phi) is 6.57. The van der Waals surface area contributed by atoms with Crippen molar-refractivity contribution in [1.82, 2.24) is 5.32 Å². The molecule has 0 aromatic rings. The van der Waals surface area contributed by atoms with Crippen LogP contribution in [0.3, 0.4) is 0 Å². The molecule has 0 spiro atoms. The fourth-order valence-electron chi connectivity index (χ4n) is 0.717. The van der Waals surface area contributed by atoms with E-state index in [1.165, 1.54) is 30.0 Å². The lowest BCUT2D eigenvalue weighted by molar-refractivity contribution is -0.140. The molecule has 5 heteroatoms. The fourth-order valence-corrected chi connectivity index (χ4v) is 1.28. The summed E-state index contributed by atoms with van der Waals surface area (Å²) in [5.74, 6) is -1.10. The highest BCUT2D eigenvalue weighted by molar-refractivity contribution is 7.98. The van der Waals surface area contributed by atoms with Crippen molar-refractivity contribution in [3.63, 3.8) is 0 Å². The summed E-state index contributed by atoms with van der Waals surface area (Å²) >= 11 is 1.36. The second kappa shape index (κ2) is 7.20. The Balaban J connectivity index is 4.15. The molecule has 2 N–H and O–H groups in total. The standard InChI is InChI=1S/C9H13NO3S/c1-3-4-5-8(11)10-7(6-14-2)9(12)13/h3-5,7H,1,6H2,2H3,(H,10,11)(H,12,13). The summed E-state index contributed by atoms with van der Waals surface area (Å²) in [7, 11) is 0. The van der Waals surface area contributed by atoms with Gasteiger partial charge in [0, 0.05) is 11.8 Å². The normalized spacial score (nSPS) is 12.4. The van der Waals surface area contributed by atoms with Crippen molar-refractivity contribution in [3.05, 3.63) is 24.8 Å². The first kappa shape index (κ1) is 12.8. The van der Waals surface area contributed by atoms with E-state index in [1.54, 1.807) is 6.26 Å². The molecule has 0 aromatic carbocycles. The molecule has 14 heavy (non-hydrogen) atoms. The molecular formula is C9H13NO3S. The van der Waals surface area contributed by atoms with Gasteiger partial charge in [-0.05, 0) is 6.26 Å². The second-order valence-electron chi connectivity index (χ2n) is 2.45. The number of carbonyl (C=O) groups excluding carboxylic acids is 1. The van der Waals surface area contributed by atoms with Crippen LogP contribution in [0.1, 0.15) is 0 Å². The van der Waals surface area contributed by atoms with Gasteiger partial charge >= 0.3 is 5.97 Å². The smallest absolute Gasteiger partial charge is 0.327 e. The molecule has 0 saturated heterocycles. The summed E-state index contributed by atoms with van der Waals surface area (Å²) in [6.07, 6.45) is 5.92. The minimum absolute atomic E-state index is 0.350. The Hall–Kier alpha value is -1.23. The average molecular weight is 215 g/mol. The van der Waals surface area contributed by atoms with Crippen molar-refractivity contribution in [3.8, 4) is 0 Å². The van der Waals surface area contributed by atoms with Gasteiger partial charge in [0.05, 0.1) is 0 Å². The third kappa shape index (κ3) is 5.42. The maximum Gasteiger partial charge on any atom is 0.327 e. The van der Waals surface area contributed by atoms with Crippen LogP contribution < -0.4 is 5.32 Å². The minimum Gasteiger partial charge on any atom is -0.480 e. The van der Waals surface area contributed by atoms with Crippen LogP contribution in [0.2, 0.25) is 0 Å². The monoisotopic (exact) mass is 215 g/mol. The molecule has 0 aliphatic rings. The van der Waals surface area contributed by atoms with E-state index in [1.807, 2.05) is 0 Å². The predicted molar refractivity (Wildman–Crippen MR) is 57.3 cm³/mol. The van der Waals surface area contributed by atoms with Crippen LogP contribution in [0.5, 0.6) is 0 Å². The topological polar surface area (TPSA) is 66.4 Å². The van der Waals surface area contributed by atoms with Crippen molar-refractivity contribution in [2.24, 2.45) is 0 Å². The number of carboxylic acid groups (broad SMARTS) is 1. The molecule has 0 aromatic heterocycles. The summed E-state index contributed by atoms with van der Waals surface area (Å²) in [6.45, 7) is 3.40. The van der Waals surface area contributed by atoms with Gasteiger partial charge in [0.25, 0.3) is 0 Å². The molecule has 0 heterocycles. The van der Waals surface area contributed by atoms with Gasteiger partial charge in [-0.15, -0.1) is 0 Å². The Morgan fingerprint density at radius 2 is 2.29 bits per heavy atom. The van der Waals surface area contributed by atoms with Gasteiger partial charge in [-0.2, -0.15) is 11.8 Å². The SMILES string of the molecule is C=CC=CC(=O)NC(CSC)C(=O)O. The van der Waals surface area contributed by atoms with E-state index in [-0.39, 0.29) is 0 Å². The molecule has 0 aliphatic heterocycles. The molecule has 1 amide bonds. The first-order valence-corrected chi connectivity index (χ1v) is 5.32. The number of allylic oxidation sites excluding steroid dienone is 2. The van der Waals surface area contributed by atoms with Crippen LogP contribution >= 0.6 is 11.8 Å². The molecule has 0 saturated carbocycles. The van der Waals surface area contributed by atoms with Gasteiger partial charge in [0.1, 0.15) is 6.04 Å². The maximum atomic E-state index is 11.1. The van der Waals surface area contributed by atoms with Gasteiger partial charge in [-0.3, -0.25) is 4.79 Å². The zero-order valence-corrected chi connectivity index (χ0v) is 8.71. The van der Waals surface area contributed by atoms with E-state index in [0.717, 1.165) is 0 Å². The Morgan fingerprint density at radius 3 is 2.71 bits per heavy atom. The summed E-state index contributed by atoms with van der Waals surface area (Å²) in [5.41, 5.74) is 0. The van der Waals surface area contributed by atoms with E-state index in [9.17, 15) is 9.59 Å². The Morgan fingerprint density at radius 1 is 1.64 bits per heavy atom. The Bertz CT molecular complexity index is 250. The van der Waals surface area contributed by atoms with Gasteiger partial charge in [0.15, 0.2) is 0 Å². The number of carbonyl (C=O) groups is 2. The van der Waals surface area contributed by atoms with Gasteiger partial charge in [-0.1, -0.05) is 18.7 Å². The minimum atomic E-state index is -1.03. The lowest BCUT2D eigenvalue weighted by Crippen LogP contribution is -2.41. The van der Waals surface area contributed by atoms with E-state index >= 15 is 0 Å². The number of carboxylic acids is 1. The van der Waals surface area contributed by atoms with Crippen molar-refractivity contribution >= 4 is 23.6 Å². The second-order valence-corrected chi connectivity index (χ2v) is 3.36.